The fourth-order valence-corrected chi connectivity index (χ4v) is 3.92. The number of aryl methyl sites for hydroxylation is 2. The van der Waals surface area contributed by atoms with E-state index in [1.807, 2.05) is 19.9 Å². The van der Waals surface area contributed by atoms with E-state index in [9.17, 15) is 4.79 Å². The third-order valence-electron chi connectivity index (χ3n) is 2.78. The lowest BCUT2D eigenvalue weighted by atomic mass is 10.0. The van der Waals surface area contributed by atoms with Crippen molar-refractivity contribution in [1.29, 1.82) is 0 Å². The number of methoxy groups -OCH3 is 1. The highest BCUT2D eigenvalue weighted by Crippen LogP contribution is 2.37. The van der Waals surface area contributed by atoms with Crippen LogP contribution >= 0.6 is 34.1 Å². The van der Waals surface area contributed by atoms with E-state index in [1.165, 1.54) is 18.6 Å². The first kappa shape index (κ1) is 14.3. The van der Waals surface area contributed by atoms with Gasteiger partial charge < -0.3 is 10.5 Å². The highest BCUT2D eigenvalue weighted by atomic mass is 127. The van der Waals surface area contributed by atoms with Gasteiger partial charge >= 0.3 is 5.97 Å². The monoisotopic (exact) mass is 388 g/mol. The van der Waals surface area contributed by atoms with E-state index in [0.717, 1.165) is 25.3 Å². The van der Waals surface area contributed by atoms with Crippen molar-refractivity contribution in [2.45, 2.75) is 13.8 Å². The highest BCUT2D eigenvalue weighted by Gasteiger charge is 2.19. The average molecular weight is 388 g/mol. The maximum atomic E-state index is 11.7. The first-order valence-corrected chi connectivity index (χ1v) is 7.41. The lowest BCUT2D eigenvalue weighted by Gasteiger charge is -2.12. The van der Waals surface area contributed by atoms with E-state index >= 15 is 0 Å². The number of ether oxygens (including phenoxy) is 1. The maximum absolute atomic E-state index is 11.7. The predicted molar refractivity (Wildman–Crippen MR) is 85.5 cm³/mol. The molecular formula is C13H13IN2O2S. The van der Waals surface area contributed by atoms with Gasteiger partial charge in [-0.3, -0.25) is 0 Å². The summed E-state index contributed by atoms with van der Waals surface area (Å²) in [5.41, 5.74) is 9.92. The molecule has 0 aliphatic heterocycles. The molecule has 0 amide bonds. The zero-order valence-corrected chi connectivity index (χ0v) is 13.8. The molecule has 6 heteroatoms. The Kier molecular flexibility index (Phi) is 4.10. The van der Waals surface area contributed by atoms with E-state index < -0.39 is 5.97 Å². The van der Waals surface area contributed by atoms with E-state index in [-0.39, 0.29) is 0 Å². The van der Waals surface area contributed by atoms with Gasteiger partial charge in [0.2, 0.25) is 0 Å². The second kappa shape index (κ2) is 5.46. The molecule has 0 unspecified atom stereocenters. The Morgan fingerprint density at radius 3 is 2.63 bits per heavy atom. The number of nitrogen functional groups attached to an aromatic ring is 1. The molecule has 0 saturated carbocycles. The Morgan fingerprint density at radius 1 is 1.42 bits per heavy atom. The number of carbonyl (C=O) groups is 1. The van der Waals surface area contributed by atoms with Gasteiger partial charge in [0.25, 0.3) is 0 Å². The van der Waals surface area contributed by atoms with Crippen molar-refractivity contribution in [3.8, 4) is 10.4 Å². The Bertz CT molecular complexity index is 652. The average Bonchev–Trinajstić information content (AvgIpc) is 2.79. The molecule has 1 heterocycles. The van der Waals surface area contributed by atoms with E-state index in [2.05, 4.69) is 27.0 Å². The second-order valence-electron chi connectivity index (χ2n) is 4.17. The van der Waals surface area contributed by atoms with Gasteiger partial charge in [0.1, 0.15) is 0 Å². The van der Waals surface area contributed by atoms with Gasteiger partial charge in [-0.1, -0.05) is 0 Å². The summed E-state index contributed by atoms with van der Waals surface area (Å²) in [6, 6.07) is 3.79. The van der Waals surface area contributed by atoms with Gasteiger partial charge in [-0.05, 0) is 65.7 Å². The first-order chi connectivity index (χ1) is 8.95. The van der Waals surface area contributed by atoms with Crippen LogP contribution < -0.4 is 5.73 Å². The van der Waals surface area contributed by atoms with E-state index in [4.69, 9.17) is 10.5 Å². The summed E-state index contributed by atoms with van der Waals surface area (Å²) in [4.78, 5) is 12.7. The third kappa shape index (κ3) is 2.59. The maximum Gasteiger partial charge on any atom is 0.340 e. The number of carbonyl (C=O) groups excluding carboxylic acids is 1. The summed E-state index contributed by atoms with van der Waals surface area (Å²) >= 11 is 3.60. The minimum absolute atomic E-state index is 0.411. The zero-order valence-electron chi connectivity index (χ0n) is 10.8. The molecule has 100 valence electrons. The van der Waals surface area contributed by atoms with Crippen molar-refractivity contribution >= 4 is 45.8 Å². The topological polar surface area (TPSA) is 65.2 Å². The third-order valence-corrected chi connectivity index (χ3v) is 4.80. The molecule has 2 aromatic rings. The number of hydrogen-bond donors (Lipinski definition) is 1. The zero-order chi connectivity index (χ0) is 14.2. The minimum Gasteiger partial charge on any atom is -0.465 e. The number of rotatable bonds is 2. The molecule has 0 aliphatic rings. The molecular weight excluding hydrogens is 375 g/mol. The van der Waals surface area contributed by atoms with Gasteiger partial charge in [-0.25, -0.2) is 4.79 Å². The molecule has 0 fully saturated rings. The van der Waals surface area contributed by atoms with Crippen LogP contribution in [0.1, 0.15) is 21.6 Å². The standard InChI is InChI=1S/C13H13IN2O2S/c1-6-4-8(13(17)18-3)12(15)11(14)10(6)9-5-7(2)16-19-9/h4-5H,15H2,1-3H3. The number of halogens is 1. The lowest BCUT2D eigenvalue weighted by Crippen LogP contribution is -2.08. The van der Waals surface area contributed by atoms with Crippen LogP contribution in [0.5, 0.6) is 0 Å². The SMILES string of the molecule is COC(=O)c1cc(C)c(-c2cc(C)ns2)c(I)c1N. The van der Waals surface area contributed by atoms with Gasteiger partial charge in [0, 0.05) is 9.13 Å². The smallest absolute Gasteiger partial charge is 0.340 e. The van der Waals surface area contributed by atoms with Crippen molar-refractivity contribution in [3.63, 3.8) is 0 Å². The fraction of sp³-hybridized carbons (Fsp3) is 0.231. The van der Waals surface area contributed by atoms with Crippen LogP contribution in [0.2, 0.25) is 0 Å². The summed E-state index contributed by atoms with van der Waals surface area (Å²) in [5.74, 6) is -0.412. The molecule has 0 bridgehead atoms. The number of benzene rings is 1. The second-order valence-corrected chi connectivity index (χ2v) is 6.05. The first-order valence-electron chi connectivity index (χ1n) is 5.56. The van der Waals surface area contributed by atoms with Crippen LogP contribution in [0.3, 0.4) is 0 Å². The number of anilines is 1. The number of esters is 1. The molecule has 0 saturated heterocycles. The van der Waals surface area contributed by atoms with Crippen molar-refractivity contribution in [2.75, 3.05) is 12.8 Å². The molecule has 2 rings (SSSR count). The number of nitrogens with two attached hydrogens (primary N) is 1. The summed E-state index contributed by atoms with van der Waals surface area (Å²) < 4.78 is 9.89. The van der Waals surface area contributed by atoms with Crippen molar-refractivity contribution in [1.82, 2.24) is 4.37 Å². The molecule has 1 aromatic carbocycles. The predicted octanol–water partition coefficient (Wildman–Crippen LogP) is 3.40. The molecule has 2 N–H and O–H groups in total. The lowest BCUT2D eigenvalue weighted by molar-refractivity contribution is 0.0602. The summed E-state index contributed by atoms with van der Waals surface area (Å²) in [6.45, 7) is 3.91. The quantitative estimate of drug-likeness (QED) is 0.487. The molecule has 0 spiro atoms. The Morgan fingerprint density at radius 2 is 2.11 bits per heavy atom. The van der Waals surface area contributed by atoms with E-state index in [0.29, 0.717) is 11.3 Å². The van der Waals surface area contributed by atoms with Gasteiger partial charge in [-0.15, -0.1) is 0 Å². The molecule has 0 aliphatic carbocycles. The summed E-state index contributed by atoms with van der Waals surface area (Å²) in [7, 11) is 1.35. The van der Waals surface area contributed by atoms with Gasteiger partial charge in [-0.2, -0.15) is 4.37 Å². The Hall–Kier alpha value is -1.15. The molecule has 0 atom stereocenters. The van der Waals surface area contributed by atoms with Crippen LogP contribution in [-0.4, -0.2) is 17.5 Å². The highest BCUT2D eigenvalue weighted by molar-refractivity contribution is 14.1. The molecule has 1 aromatic heterocycles. The van der Waals surface area contributed by atoms with Gasteiger partial charge in [0.15, 0.2) is 0 Å². The molecule has 19 heavy (non-hydrogen) atoms. The van der Waals surface area contributed by atoms with Crippen molar-refractivity contribution in [2.24, 2.45) is 0 Å². The summed E-state index contributed by atoms with van der Waals surface area (Å²) in [6.07, 6.45) is 0. The molecule has 0 radical (unpaired) electrons. The number of aromatic nitrogens is 1. The Labute approximate surface area is 129 Å². The van der Waals surface area contributed by atoms with Crippen LogP contribution in [0.15, 0.2) is 12.1 Å². The molecule has 4 nitrogen and oxygen atoms in total. The van der Waals surface area contributed by atoms with Crippen molar-refractivity contribution in [3.05, 3.63) is 32.5 Å². The normalized spacial score (nSPS) is 10.5. The number of hydrogen-bond acceptors (Lipinski definition) is 5. The van der Waals surface area contributed by atoms with Crippen LogP contribution in [0, 0.1) is 17.4 Å². The van der Waals surface area contributed by atoms with E-state index in [1.54, 1.807) is 6.07 Å². The fourth-order valence-electron chi connectivity index (χ4n) is 1.86. The van der Waals surface area contributed by atoms with Crippen molar-refractivity contribution < 1.29 is 9.53 Å². The largest absolute Gasteiger partial charge is 0.465 e. The summed E-state index contributed by atoms with van der Waals surface area (Å²) in [5, 5.41) is 0. The van der Waals surface area contributed by atoms with Crippen LogP contribution in [-0.2, 0) is 4.74 Å². The van der Waals surface area contributed by atoms with Gasteiger partial charge in [0.05, 0.1) is 28.9 Å². The number of nitrogens with zero attached hydrogens (tertiary/aromatic N) is 1. The van der Waals surface area contributed by atoms with Crippen LogP contribution in [0.25, 0.3) is 10.4 Å². The Balaban J connectivity index is 2.65. The minimum atomic E-state index is -0.412. The van der Waals surface area contributed by atoms with Crippen LogP contribution in [0.4, 0.5) is 5.69 Å².